The summed E-state index contributed by atoms with van der Waals surface area (Å²) in [5.41, 5.74) is 2.06. The van der Waals surface area contributed by atoms with E-state index in [1.165, 1.54) is 5.69 Å². The van der Waals surface area contributed by atoms with Gasteiger partial charge in [0.05, 0.1) is 18.3 Å². The molecule has 0 aromatic heterocycles. The first-order valence-corrected chi connectivity index (χ1v) is 8.76. The second-order valence-corrected chi connectivity index (χ2v) is 6.76. The lowest BCUT2D eigenvalue weighted by atomic mass is 10.0. The highest BCUT2D eigenvalue weighted by atomic mass is 16.3. The molecule has 2 aromatic rings. The van der Waals surface area contributed by atoms with Crippen molar-refractivity contribution in [2.75, 3.05) is 18.1 Å². The minimum absolute atomic E-state index is 0.0338. The molecule has 0 bridgehead atoms. The van der Waals surface area contributed by atoms with Gasteiger partial charge in [-0.05, 0) is 54.0 Å². The molecule has 3 rings (SSSR count). The van der Waals surface area contributed by atoms with E-state index in [1.807, 2.05) is 24.3 Å². The number of carbonyl (C=O) groups is 1. The van der Waals surface area contributed by atoms with Crippen LogP contribution in [0.3, 0.4) is 0 Å². The largest absolute Gasteiger partial charge is 0.394 e. The lowest BCUT2D eigenvalue weighted by molar-refractivity contribution is -0.115. The number of benzene rings is 2. The van der Waals surface area contributed by atoms with Crippen molar-refractivity contribution in [3.05, 3.63) is 47.5 Å². The van der Waals surface area contributed by atoms with Gasteiger partial charge in [0.1, 0.15) is 6.07 Å². The number of hydrogen-bond donors (Lipinski definition) is 2. The third kappa shape index (κ3) is 4.10. The molecule has 26 heavy (non-hydrogen) atoms. The molecule has 0 saturated carbocycles. The number of ketones is 1. The van der Waals surface area contributed by atoms with Gasteiger partial charge in [0.2, 0.25) is 0 Å². The van der Waals surface area contributed by atoms with Crippen LogP contribution in [0, 0.1) is 11.3 Å². The molecule has 0 aliphatic carbocycles. The van der Waals surface area contributed by atoms with Crippen LogP contribution in [0.4, 0.5) is 5.69 Å². The van der Waals surface area contributed by atoms with Crippen LogP contribution in [0.1, 0.15) is 25.3 Å². The topological polar surface area (TPSA) is 84.3 Å². The summed E-state index contributed by atoms with van der Waals surface area (Å²) in [5.74, 6) is -0.328. The molecule has 0 amide bonds. The summed E-state index contributed by atoms with van der Waals surface area (Å²) in [6, 6.07) is 14.7. The summed E-state index contributed by atoms with van der Waals surface area (Å²) in [4.78, 5) is 14.5. The molecule has 2 N–H and O–H groups in total. The molecule has 2 unspecified atom stereocenters. The molecule has 2 atom stereocenters. The Morgan fingerprint density at radius 2 is 2.04 bits per heavy atom. The van der Waals surface area contributed by atoms with Crippen molar-refractivity contribution in [1.82, 2.24) is 0 Å². The van der Waals surface area contributed by atoms with Gasteiger partial charge in [0.15, 0.2) is 5.78 Å². The Bertz CT molecular complexity index is 898. The van der Waals surface area contributed by atoms with Crippen LogP contribution in [0.25, 0.3) is 16.8 Å². The number of hydrogen-bond acceptors (Lipinski definition) is 5. The van der Waals surface area contributed by atoms with Crippen LogP contribution in [-0.2, 0) is 4.79 Å². The Hall–Kier alpha value is -2.68. The molecule has 1 aliphatic rings. The van der Waals surface area contributed by atoms with Crippen LogP contribution in [0.5, 0.6) is 0 Å². The van der Waals surface area contributed by atoms with E-state index in [9.17, 15) is 15.2 Å². The van der Waals surface area contributed by atoms with Crippen LogP contribution >= 0.6 is 0 Å². The third-order valence-corrected chi connectivity index (χ3v) is 4.69. The first-order chi connectivity index (χ1) is 12.5. The Labute approximate surface area is 152 Å². The normalized spacial score (nSPS) is 17.8. The first-order valence-electron chi connectivity index (χ1n) is 8.76. The number of fused-ring (bicyclic) bond motifs is 1. The van der Waals surface area contributed by atoms with E-state index in [2.05, 4.69) is 30.0 Å². The number of anilines is 1. The lowest BCUT2D eigenvalue weighted by Gasteiger charge is -2.07. The third-order valence-electron chi connectivity index (χ3n) is 4.69. The highest BCUT2D eigenvalue weighted by Crippen LogP contribution is 2.30. The standard InChI is InChI=1S/C21H22N2O3/c1-14-12-23(14)19-5-4-16-8-15(2-3-17(16)10-19)9-18(11-22)21(26)7-6-20(25)13-24/h2-5,8-10,14,20,24-25H,6-7,12-13H2,1H3/b18-9+. The summed E-state index contributed by atoms with van der Waals surface area (Å²) >= 11 is 0. The van der Waals surface area contributed by atoms with Crippen molar-refractivity contribution in [2.45, 2.75) is 31.9 Å². The van der Waals surface area contributed by atoms with Crippen LogP contribution in [-0.4, -0.2) is 41.3 Å². The number of Topliss-reactive ketones (excluding diaryl/α,β-unsaturated/α-hetero) is 1. The Morgan fingerprint density at radius 3 is 2.69 bits per heavy atom. The van der Waals surface area contributed by atoms with Crippen molar-refractivity contribution in [3.8, 4) is 6.07 Å². The maximum Gasteiger partial charge on any atom is 0.173 e. The fourth-order valence-electron chi connectivity index (χ4n) is 2.98. The Kier molecular flexibility index (Phi) is 5.36. The number of nitriles is 1. The molecule has 1 heterocycles. The maximum absolute atomic E-state index is 12.1. The second-order valence-electron chi connectivity index (χ2n) is 6.76. The zero-order chi connectivity index (χ0) is 18.7. The fraction of sp³-hybridized carbons (Fsp3) is 0.333. The fourth-order valence-corrected chi connectivity index (χ4v) is 2.98. The summed E-state index contributed by atoms with van der Waals surface area (Å²) in [5, 5.41) is 29.6. The van der Waals surface area contributed by atoms with E-state index < -0.39 is 6.10 Å². The lowest BCUT2D eigenvalue weighted by Crippen LogP contribution is -2.14. The number of rotatable bonds is 7. The highest BCUT2D eigenvalue weighted by Gasteiger charge is 2.28. The number of carbonyl (C=O) groups excluding carboxylic acids is 1. The van der Waals surface area contributed by atoms with E-state index in [1.54, 1.807) is 6.08 Å². The van der Waals surface area contributed by atoms with Gasteiger partial charge in [0, 0.05) is 24.7 Å². The molecular weight excluding hydrogens is 328 g/mol. The quantitative estimate of drug-likeness (QED) is 0.456. The zero-order valence-electron chi connectivity index (χ0n) is 14.7. The smallest absolute Gasteiger partial charge is 0.173 e. The summed E-state index contributed by atoms with van der Waals surface area (Å²) in [7, 11) is 0. The van der Waals surface area contributed by atoms with Crippen molar-refractivity contribution in [1.29, 1.82) is 5.26 Å². The van der Waals surface area contributed by atoms with Crippen molar-refractivity contribution in [2.24, 2.45) is 0 Å². The molecule has 1 saturated heterocycles. The van der Waals surface area contributed by atoms with Gasteiger partial charge in [-0.3, -0.25) is 4.79 Å². The van der Waals surface area contributed by atoms with E-state index in [0.717, 1.165) is 22.9 Å². The van der Waals surface area contributed by atoms with Crippen LogP contribution in [0.2, 0.25) is 0 Å². The molecule has 1 aliphatic heterocycles. The van der Waals surface area contributed by atoms with Crippen molar-refractivity contribution < 1.29 is 15.0 Å². The minimum Gasteiger partial charge on any atom is -0.394 e. The van der Waals surface area contributed by atoms with Gasteiger partial charge in [-0.1, -0.05) is 18.2 Å². The predicted molar refractivity (Wildman–Crippen MR) is 102 cm³/mol. The van der Waals surface area contributed by atoms with Crippen molar-refractivity contribution >= 4 is 28.3 Å². The van der Waals surface area contributed by atoms with Crippen LogP contribution < -0.4 is 4.90 Å². The Balaban J connectivity index is 1.79. The number of nitrogens with zero attached hydrogens (tertiary/aromatic N) is 2. The van der Waals surface area contributed by atoms with Crippen LogP contribution in [0.15, 0.2) is 42.0 Å². The summed E-state index contributed by atoms with van der Waals surface area (Å²) < 4.78 is 0. The van der Waals surface area contributed by atoms with Gasteiger partial charge in [-0.25, -0.2) is 0 Å². The van der Waals surface area contributed by atoms with Gasteiger partial charge in [-0.15, -0.1) is 0 Å². The molecule has 5 nitrogen and oxygen atoms in total. The molecule has 1 fully saturated rings. The monoisotopic (exact) mass is 350 g/mol. The van der Waals surface area contributed by atoms with E-state index in [-0.39, 0.29) is 30.8 Å². The number of aliphatic hydroxyl groups is 2. The maximum atomic E-state index is 12.1. The molecule has 0 spiro atoms. The average Bonchev–Trinajstić information content (AvgIpc) is 3.39. The Morgan fingerprint density at radius 1 is 1.35 bits per heavy atom. The van der Waals surface area contributed by atoms with E-state index in [0.29, 0.717) is 6.04 Å². The van der Waals surface area contributed by atoms with Gasteiger partial charge < -0.3 is 15.1 Å². The number of allylic oxidation sites excluding steroid dienone is 1. The zero-order valence-corrected chi connectivity index (χ0v) is 14.7. The molecule has 134 valence electrons. The minimum atomic E-state index is -0.932. The molecule has 2 aromatic carbocycles. The van der Waals surface area contributed by atoms with E-state index >= 15 is 0 Å². The molecular formula is C21H22N2O3. The molecule has 5 heteroatoms. The number of aliphatic hydroxyl groups excluding tert-OH is 2. The second kappa shape index (κ2) is 7.69. The van der Waals surface area contributed by atoms with E-state index in [4.69, 9.17) is 5.11 Å². The predicted octanol–water partition coefficient (Wildman–Crippen LogP) is 2.66. The first kappa shape index (κ1) is 18.1. The average molecular weight is 350 g/mol. The van der Waals surface area contributed by atoms with Gasteiger partial charge in [-0.2, -0.15) is 5.26 Å². The van der Waals surface area contributed by atoms with Gasteiger partial charge >= 0.3 is 0 Å². The molecule has 0 radical (unpaired) electrons. The van der Waals surface area contributed by atoms with Gasteiger partial charge in [0.25, 0.3) is 0 Å². The summed E-state index contributed by atoms with van der Waals surface area (Å²) in [6.07, 6.45) is 0.822. The summed E-state index contributed by atoms with van der Waals surface area (Å²) in [6.45, 7) is 2.89. The highest BCUT2D eigenvalue weighted by molar-refractivity contribution is 6.03. The SMILES string of the molecule is CC1CN1c1ccc2cc(/C=C(\C#N)C(=O)CCC(O)CO)ccc2c1. The van der Waals surface area contributed by atoms with Crippen molar-refractivity contribution in [3.63, 3.8) is 0 Å².